The van der Waals surface area contributed by atoms with E-state index >= 15 is 0 Å². The van der Waals surface area contributed by atoms with Crippen LogP contribution < -0.4 is 0 Å². The molecular formula is C16H30Cl2Si2Zr. The maximum atomic E-state index is 8.15. The molecule has 2 rings (SSSR count). The van der Waals surface area contributed by atoms with Gasteiger partial charge in [0, 0.05) is 0 Å². The van der Waals surface area contributed by atoms with Crippen molar-refractivity contribution < 1.29 is 6.21 Å². The second kappa shape index (κ2) is 2.02. The van der Waals surface area contributed by atoms with Crippen molar-refractivity contribution in [2.24, 2.45) is 0 Å². The van der Waals surface area contributed by atoms with Gasteiger partial charge in [-0.25, -0.2) is 0 Å². The van der Waals surface area contributed by atoms with E-state index in [1.54, 1.807) is 0 Å². The number of hydrogen-bond acceptors (Lipinski definition) is 0. The van der Waals surface area contributed by atoms with E-state index in [0.717, 1.165) is 12.8 Å². The Labute approximate surface area is 123 Å². The first kappa shape index (κ1) is 18.2. The molecule has 0 aromatic heterocycles. The molecule has 0 radical (unpaired) electrons. The molecule has 5 heteroatoms. The first-order valence-electron chi connectivity index (χ1n) is 7.84. The SMILES string of the molecule is CC1=CC[C]([Zr]([CH3])([CH3])([CH3])([CH3])(=[SiH2])(=[SiH2])([Cl])([Cl])[C]2=CC(C)=CC2)=C1. The van der Waals surface area contributed by atoms with Gasteiger partial charge < -0.3 is 0 Å². The van der Waals surface area contributed by atoms with Crippen LogP contribution in [0, 0.1) is 0 Å². The maximum absolute atomic E-state index is 8.15. The van der Waals surface area contributed by atoms with E-state index < -0.39 is 6.21 Å². The summed E-state index contributed by atoms with van der Waals surface area (Å²) in [6.45, 7) is 7.97. The van der Waals surface area contributed by atoms with Crippen molar-refractivity contribution in [3.05, 3.63) is 42.0 Å². The van der Waals surface area contributed by atoms with Gasteiger partial charge in [-0.2, -0.15) is 0 Å². The van der Waals surface area contributed by atoms with E-state index in [0.29, 0.717) is 0 Å². The first-order valence-corrected chi connectivity index (χ1v) is 38.3. The van der Waals surface area contributed by atoms with Crippen LogP contribution in [0.3, 0.4) is 0 Å². The Morgan fingerprint density at radius 3 is 1.29 bits per heavy atom. The number of allylic oxidation sites excluding steroid dienone is 8. The molecule has 0 aromatic carbocycles. The number of rotatable bonds is 2. The molecule has 0 aromatic rings. The Kier molecular flexibility index (Phi) is 1.75. The van der Waals surface area contributed by atoms with Gasteiger partial charge in [-0.3, -0.25) is 0 Å². The van der Waals surface area contributed by atoms with Crippen LogP contribution in [0.1, 0.15) is 26.7 Å². The predicted octanol–water partition coefficient (Wildman–Crippen LogP) is 5.42. The number of hydrogen-bond donors (Lipinski definition) is 0. The molecule has 0 unspecified atom stereocenters. The summed E-state index contributed by atoms with van der Waals surface area (Å²) in [4.78, 5) is 0. The van der Waals surface area contributed by atoms with E-state index in [9.17, 15) is 0 Å². The summed E-state index contributed by atoms with van der Waals surface area (Å²) < 4.78 is 11.0. The summed E-state index contributed by atoms with van der Waals surface area (Å²) in [7, 11) is 16.3. The Morgan fingerprint density at radius 1 is 0.810 bits per heavy atom. The molecule has 2 aliphatic rings. The van der Waals surface area contributed by atoms with Gasteiger partial charge in [-0.1, -0.05) is 0 Å². The fourth-order valence-electron chi connectivity index (χ4n) is 3.86. The quantitative estimate of drug-likeness (QED) is 0.503. The Balaban J connectivity index is 3.32. The van der Waals surface area contributed by atoms with Gasteiger partial charge in [0.2, 0.25) is 0 Å². The van der Waals surface area contributed by atoms with Gasteiger partial charge in [0.05, 0.1) is 0 Å². The average Bonchev–Trinajstić information content (AvgIpc) is 2.70. The summed E-state index contributed by atoms with van der Waals surface area (Å²) in [6.07, 6.45) is 4.03. The van der Waals surface area contributed by atoms with Crippen LogP contribution in [-0.2, 0) is 6.21 Å². The molecule has 0 atom stereocenters. The Hall–Kier alpha value is 0.857. The van der Waals surface area contributed by atoms with Crippen molar-refractivity contribution in [2.45, 2.75) is 45.2 Å². The number of halogens is 2. The van der Waals surface area contributed by atoms with Crippen molar-refractivity contribution >= 4 is 30.8 Å². The normalized spacial score (nSPS) is 32.6. The molecule has 0 spiro atoms. The summed E-state index contributed by atoms with van der Waals surface area (Å²) in [5, 5.41) is 0. The Morgan fingerprint density at radius 2 is 1.10 bits per heavy atom. The molecule has 2 aliphatic carbocycles. The van der Waals surface area contributed by atoms with E-state index in [2.05, 4.69) is 56.7 Å². The minimum absolute atomic E-state index is 0.817. The molecule has 0 saturated heterocycles. The van der Waals surface area contributed by atoms with Gasteiger partial charge in [0.25, 0.3) is 0 Å². The van der Waals surface area contributed by atoms with Crippen LogP contribution in [0.25, 0.3) is 0 Å². The topological polar surface area (TPSA) is 0 Å². The molecule has 0 bridgehead atoms. The molecule has 0 amide bonds. The van der Waals surface area contributed by atoms with E-state index in [4.69, 9.17) is 17.0 Å². The van der Waals surface area contributed by atoms with Gasteiger partial charge >= 0.3 is 124 Å². The first-order chi connectivity index (χ1) is 8.32. The van der Waals surface area contributed by atoms with E-state index in [1.807, 2.05) is 13.8 Å². The monoisotopic (exact) mass is 438 g/mol. The van der Waals surface area contributed by atoms with Crippen LogP contribution in [0.15, 0.2) is 42.0 Å². The molecule has 0 saturated carbocycles. The van der Waals surface area contributed by atoms with Crippen LogP contribution in [0.5, 0.6) is 0 Å². The van der Waals surface area contributed by atoms with Crippen LogP contribution in [0.4, 0.5) is 0 Å². The van der Waals surface area contributed by atoms with Gasteiger partial charge in [0.1, 0.15) is 0 Å². The zero-order chi connectivity index (χ0) is 16.9. The third-order valence-corrected chi connectivity index (χ3v) is 45.6. The van der Waals surface area contributed by atoms with Crippen molar-refractivity contribution in [1.82, 2.24) is 0 Å². The Bertz CT molecular complexity index is 1050. The fourth-order valence-corrected chi connectivity index (χ4v) is 26.9. The average molecular weight is 441 g/mol. The van der Waals surface area contributed by atoms with Gasteiger partial charge in [0.15, 0.2) is 0 Å². The van der Waals surface area contributed by atoms with E-state index in [1.165, 1.54) is 17.7 Å². The molecule has 0 N–H and O–H groups in total. The second-order valence-corrected chi connectivity index (χ2v) is 179. The molecule has 0 heterocycles. The molecule has 120 valence electrons. The third kappa shape index (κ3) is 2.46. The van der Waals surface area contributed by atoms with E-state index in [-0.39, 0.29) is 0 Å². The van der Waals surface area contributed by atoms with Crippen molar-refractivity contribution in [2.75, 3.05) is 0 Å². The summed E-state index contributed by atoms with van der Waals surface area (Å²) in [5.41, 5.74) is 2.49. The van der Waals surface area contributed by atoms with Crippen LogP contribution in [0.2, 0.25) is 18.5 Å². The van der Waals surface area contributed by atoms with Crippen LogP contribution >= 0.6 is 17.0 Å². The fraction of sp³-hybridized carbons (Fsp3) is 0.500. The standard InChI is InChI=1S/2C6H7.4CH3.2ClH.2H2Si.Zr/c2*1-6-4-2-3-5-6;;;;;;;;;/h2*4-5H,2H2,1H3;4*1H3;2*1H;2*1H2;/q;;;;;;;;;;+2/p-2. The predicted molar refractivity (Wildman–Crippen MR) is 105 cm³/mol. The molecular weight excluding hydrogens is 410 g/mol. The van der Waals surface area contributed by atoms with Gasteiger partial charge in [-0.05, 0) is 0 Å². The molecule has 0 aliphatic heterocycles. The third-order valence-electron chi connectivity index (χ3n) is 6.38. The molecule has 21 heavy (non-hydrogen) atoms. The minimum atomic E-state index is -6.53. The molecule has 0 fully saturated rings. The zero-order valence-corrected chi connectivity index (χ0v) is 21.2. The zero-order valence-electron chi connectivity index (χ0n) is 14.4. The summed E-state index contributed by atoms with van der Waals surface area (Å²) in [6, 6.07) is 0. The molecule has 0 nitrogen and oxygen atoms in total. The van der Waals surface area contributed by atoms with Gasteiger partial charge in [-0.15, -0.1) is 0 Å². The van der Waals surface area contributed by atoms with Crippen molar-refractivity contribution in [3.63, 3.8) is 0 Å². The van der Waals surface area contributed by atoms with Crippen molar-refractivity contribution in [1.29, 1.82) is 0 Å². The summed E-state index contributed by atoms with van der Waals surface area (Å²) in [5.74, 6) is 0. The summed E-state index contributed by atoms with van der Waals surface area (Å²) >= 11 is 0. The van der Waals surface area contributed by atoms with Crippen LogP contribution in [-0.4, -0.2) is 13.8 Å². The second-order valence-electron chi connectivity index (χ2n) is 15.0. The van der Waals surface area contributed by atoms with Crippen molar-refractivity contribution in [3.8, 4) is 0 Å².